The van der Waals surface area contributed by atoms with Gasteiger partial charge in [0.2, 0.25) is 0 Å². The molecule has 0 unspecified atom stereocenters. The van der Waals surface area contributed by atoms with Crippen LogP contribution in [0.15, 0.2) is 6.07 Å². The van der Waals surface area contributed by atoms with Crippen LogP contribution in [-0.4, -0.2) is 18.6 Å². The number of unbranched alkanes of at least 4 members (excludes halogenated alkanes) is 1. The van der Waals surface area contributed by atoms with E-state index in [9.17, 15) is 0 Å². The molecule has 0 saturated carbocycles. The summed E-state index contributed by atoms with van der Waals surface area (Å²) in [4.78, 5) is 6.13. The molecule has 0 aliphatic heterocycles. The highest BCUT2D eigenvalue weighted by atomic mass is 35.5. The van der Waals surface area contributed by atoms with Crippen LogP contribution in [0.5, 0.6) is 0 Å². The minimum atomic E-state index is 0.291. The molecule has 1 rings (SSSR count). The summed E-state index contributed by atoms with van der Waals surface area (Å²) in [6.07, 6.45) is 2.22. The summed E-state index contributed by atoms with van der Waals surface area (Å²) in [6.45, 7) is 3.04. The number of pyridine rings is 1. The molecule has 0 aromatic carbocycles. The van der Waals surface area contributed by atoms with E-state index in [-0.39, 0.29) is 0 Å². The van der Waals surface area contributed by atoms with Gasteiger partial charge >= 0.3 is 0 Å². The minimum absolute atomic E-state index is 0.291. The average molecular weight is 268 g/mol. The second kappa shape index (κ2) is 5.78. The van der Waals surface area contributed by atoms with Crippen molar-refractivity contribution in [3.63, 3.8) is 0 Å². The van der Waals surface area contributed by atoms with Gasteiger partial charge < -0.3 is 4.90 Å². The molecule has 0 N–H and O–H groups in total. The molecule has 1 aromatic rings. The van der Waals surface area contributed by atoms with E-state index < -0.39 is 0 Å². The van der Waals surface area contributed by atoms with Crippen molar-refractivity contribution in [1.29, 1.82) is 0 Å². The number of halogens is 3. The average Bonchev–Trinajstić information content (AvgIpc) is 2.20. The van der Waals surface area contributed by atoms with Crippen molar-refractivity contribution in [3.8, 4) is 0 Å². The van der Waals surface area contributed by atoms with Gasteiger partial charge in [0.05, 0.1) is 10.0 Å². The fourth-order valence-electron chi connectivity index (χ4n) is 1.20. The quantitative estimate of drug-likeness (QED) is 0.757. The van der Waals surface area contributed by atoms with Gasteiger partial charge in [0, 0.05) is 13.6 Å². The summed E-state index contributed by atoms with van der Waals surface area (Å²) in [5, 5.41) is 1.21. The first-order chi connectivity index (χ1) is 7.06. The molecular weight excluding hydrogens is 254 g/mol. The van der Waals surface area contributed by atoms with Gasteiger partial charge in [-0.15, -0.1) is 0 Å². The highest BCUT2D eigenvalue weighted by molar-refractivity contribution is 6.42. The van der Waals surface area contributed by atoms with Crippen molar-refractivity contribution in [2.24, 2.45) is 0 Å². The van der Waals surface area contributed by atoms with Crippen molar-refractivity contribution >= 4 is 40.6 Å². The van der Waals surface area contributed by atoms with Gasteiger partial charge in [-0.1, -0.05) is 48.1 Å². The maximum atomic E-state index is 6.03. The van der Waals surface area contributed by atoms with E-state index in [4.69, 9.17) is 34.8 Å². The molecule has 0 amide bonds. The molecule has 0 saturated heterocycles. The van der Waals surface area contributed by atoms with E-state index >= 15 is 0 Å². The smallest absolute Gasteiger partial charge is 0.150 e. The van der Waals surface area contributed by atoms with E-state index in [1.54, 1.807) is 6.07 Å². The number of aromatic nitrogens is 1. The molecule has 5 heteroatoms. The van der Waals surface area contributed by atoms with Crippen LogP contribution in [0.2, 0.25) is 15.2 Å². The summed E-state index contributed by atoms with van der Waals surface area (Å²) in [5.74, 6) is 0.680. The van der Waals surface area contributed by atoms with Crippen molar-refractivity contribution in [2.75, 3.05) is 18.5 Å². The van der Waals surface area contributed by atoms with Crippen LogP contribution in [0, 0.1) is 0 Å². The Kier molecular flexibility index (Phi) is 4.97. The lowest BCUT2D eigenvalue weighted by Crippen LogP contribution is -2.20. The van der Waals surface area contributed by atoms with Crippen LogP contribution in [0.1, 0.15) is 19.8 Å². The topological polar surface area (TPSA) is 16.1 Å². The van der Waals surface area contributed by atoms with E-state index in [0.717, 1.165) is 19.4 Å². The van der Waals surface area contributed by atoms with Crippen LogP contribution in [-0.2, 0) is 0 Å². The number of anilines is 1. The number of hydrogen-bond acceptors (Lipinski definition) is 2. The third-order valence-electron chi connectivity index (χ3n) is 2.08. The summed E-state index contributed by atoms with van der Waals surface area (Å²) in [6, 6.07) is 1.62. The molecule has 1 aromatic heterocycles. The van der Waals surface area contributed by atoms with Gasteiger partial charge in [-0.2, -0.15) is 0 Å². The van der Waals surface area contributed by atoms with Gasteiger partial charge in [-0.05, 0) is 12.5 Å². The number of hydrogen-bond donors (Lipinski definition) is 0. The maximum absolute atomic E-state index is 6.03. The lowest BCUT2D eigenvalue weighted by atomic mass is 10.3. The Morgan fingerprint density at radius 1 is 1.27 bits per heavy atom. The van der Waals surface area contributed by atoms with Crippen LogP contribution in [0.3, 0.4) is 0 Å². The molecule has 0 radical (unpaired) electrons. The van der Waals surface area contributed by atoms with Crippen molar-refractivity contribution in [3.05, 3.63) is 21.3 Å². The van der Waals surface area contributed by atoms with Crippen molar-refractivity contribution in [2.45, 2.75) is 19.8 Å². The molecule has 0 aliphatic carbocycles. The van der Waals surface area contributed by atoms with E-state index in [1.165, 1.54) is 0 Å². The predicted octanol–water partition coefficient (Wildman–Crippen LogP) is 4.28. The highest BCUT2D eigenvalue weighted by Crippen LogP contribution is 2.30. The monoisotopic (exact) mass is 266 g/mol. The molecule has 0 atom stereocenters. The Labute approximate surface area is 105 Å². The van der Waals surface area contributed by atoms with Gasteiger partial charge in [0.25, 0.3) is 0 Å². The zero-order valence-corrected chi connectivity index (χ0v) is 11.0. The summed E-state index contributed by atoms with van der Waals surface area (Å²) in [5.41, 5.74) is 0. The summed E-state index contributed by atoms with van der Waals surface area (Å²) < 4.78 is 0. The van der Waals surface area contributed by atoms with Crippen LogP contribution in [0.25, 0.3) is 0 Å². The van der Waals surface area contributed by atoms with E-state index in [2.05, 4.69) is 11.9 Å². The zero-order chi connectivity index (χ0) is 11.4. The number of rotatable bonds is 4. The normalized spacial score (nSPS) is 10.5. The molecule has 1 heterocycles. The zero-order valence-electron chi connectivity index (χ0n) is 8.73. The Morgan fingerprint density at radius 2 is 1.93 bits per heavy atom. The van der Waals surface area contributed by atoms with Gasteiger partial charge in [0.1, 0.15) is 11.0 Å². The molecule has 0 spiro atoms. The molecule has 0 aliphatic rings. The first-order valence-corrected chi connectivity index (χ1v) is 5.92. The van der Waals surface area contributed by atoms with Gasteiger partial charge in [-0.3, -0.25) is 0 Å². The SMILES string of the molecule is CCCCN(C)c1nc(Cl)c(Cl)cc1Cl. The highest BCUT2D eigenvalue weighted by Gasteiger charge is 2.11. The molecule has 15 heavy (non-hydrogen) atoms. The molecule has 0 bridgehead atoms. The maximum Gasteiger partial charge on any atom is 0.150 e. The largest absolute Gasteiger partial charge is 0.358 e. The van der Waals surface area contributed by atoms with E-state index in [0.29, 0.717) is 21.0 Å². The Hall–Kier alpha value is -0.180. The third-order valence-corrected chi connectivity index (χ3v) is 3.03. The third kappa shape index (κ3) is 3.40. The fraction of sp³-hybridized carbons (Fsp3) is 0.500. The predicted molar refractivity (Wildman–Crippen MR) is 67.4 cm³/mol. The Balaban J connectivity index is 2.88. The second-order valence-electron chi connectivity index (χ2n) is 3.34. The van der Waals surface area contributed by atoms with Crippen molar-refractivity contribution < 1.29 is 0 Å². The van der Waals surface area contributed by atoms with Crippen LogP contribution in [0.4, 0.5) is 5.82 Å². The first kappa shape index (κ1) is 12.9. The number of nitrogens with zero attached hydrogens (tertiary/aromatic N) is 2. The second-order valence-corrected chi connectivity index (χ2v) is 4.51. The molecular formula is C10H13Cl3N2. The van der Waals surface area contributed by atoms with Gasteiger partial charge in [-0.25, -0.2) is 4.98 Å². The molecule has 0 fully saturated rings. The summed E-state index contributed by atoms with van der Waals surface area (Å²) >= 11 is 17.7. The first-order valence-electron chi connectivity index (χ1n) is 4.79. The molecule has 84 valence electrons. The Morgan fingerprint density at radius 3 is 2.53 bits per heavy atom. The van der Waals surface area contributed by atoms with Crippen LogP contribution >= 0.6 is 34.8 Å². The summed E-state index contributed by atoms with van der Waals surface area (Å²) in [7, 11) is 1.94. The standard InChI is InChI=1S/C10H13Cl3N2/c1-3-4-5-15(2)10-8(12)6-7(11)9(13)14-10/h6H,3-5H2,1-2H3. The minimum Gasteiger partial charge on any atom is -0.358 e. The lowest BCUT2D eigenvalue weighted by molar-refractivity contribution is 0.759. The van der Waals surface area contributed by atoms with Gasteiger partial charge in [0.15, 0.2) is 0 Å². The Bertz CT molecular complexity index is 342. The lowest BCUT2D eigenvalue weighted by Gasteiger charge is -2.19. The fourth-order valence-corrected chi connectivity index (χ4v) is 1.84. The van der Waals surface area contributed by atoms with Crippen LogP contribution < -0.4 is 4.90 Å². The van der Waals surface area contributed by atoms with Crippen molar-refractivity contribution in [1.82, 2.24) is 4.98 Å². The van der Waals surface area contributed by atoms with E-state index in [1.807, 2.05) is 11.9 Å². The molecule has 2 nitrogen and oxygen atoms in total.